The smallest absolute Gasteiger partial charge is 0.321 e. The molecule has 0 spiro atoms. The molecule has 0 radical (unpaired) electrons. The van der Waals surface area contributed by atoms with Gasteiger partial charge in [0.15, 0.2) is 0 Å². The van der Waals surface area contributed by atoms with Crippen molar-refractivity contribution in [1.29, 1.82) is 0 Å². The number of nitrogens with zero attached hydrogens (tertiary/aromatic N) is 1. The second kappa shape index (κ2) is 7.55. The fourth-order valence-corrected chi connectivity index (χ4v) is 1.96. The van der Waals surface area contributed by atoms with Crippen LogP contribution in [0.25, 0.3) is 0 Å². The third-order valence-corrected chi connectivity index (χ3v) is 3.23. The zero-order chi connectivity index (χ0) is 15.1. The number of rotatable bonds is 5. The predicted molar refractivity (Wildman–Crippen MR) is 85.2 cm³/mol. The minimum absolute atomic E-state index is 0.177. The van der Waals surface area contributed by atoms with Crippen LogP contribution in [0.4, 0.5) is 10.5 Å². The number of hydrogen-bond acceptors (Lipinski definition) is 2. The van der Waals surface area contributed by atoms with Crippen molar-refractivity contribution in [2.45, 2.75) is 0 Å². The number of hydrogen-bond donors (Lipinski definition) is 1. The molecule has 1 N–H and O–H groups in total. The van der Waals surface area contributed by atoms with Crippen LogP contribution in [0.2, 0.25) is 5.02 Å². The summed E-state index contributed by atoms with van der Waals surface area (Å²) in [7, 11) is 1.72. The number of urea groups is 1. The molecule has 0 fully saturated rings. The molecular weight excluding hydrogens is 288 g/mol. The Labute approximate surface area is 129 Å². The lowest BCUT2D eigenvalue weighted by molar-refractivity contribution is 0.243. The van der Waals surface area contributed by atoms with E-state index in [0.717, 1.165) is 5.69 Å². The molecule has 0 atom stereocenters. The minimum Gasteiger partial charge on any atom is -0.490 e. The highest BCUT2D eigenvalue weighted by molar-refractivity contribution is 6.32. The fourth-order valence-electron chi connectivity index (χ4n) is 1.77. The van der Waals surface area contributed by atoms with Crippen LogP contribution in [0.15, 0.2) is 54.6 Å². The molecule has 110 valence electrons. The molecule has 2 amide bonds. The molecule has 0 bridgehead atoms. The monoisotopic (exact) mass is 304 g/mol. The summed E-state index contributed by atoms with van der Waals surface area (Å²) in [6, 6.07) is 16.5. The van der Waals surface area contributed by atoms with Crippen molar-refractivity contribution in [3.8, 4) is 5.75 Å². The van der Waals surface area contributed by atoms with Crippen LogP contribution in [-0.4, -0.2) is 26.2 Å². The van der Waals surface area contributed by atoms with Crippen LogP contribution >= 0.6 is 11.6 Å². The minimum atomic E-state index is -0.177. The lowest BCUT2D eigenvalue weighted by Crippen LogP contribution is -2.39. The molecule has 2 aromatic rings. The van der Waals surface area contributed by atoms with Gasteiger partial charge in [-0.2, -0.15) is 0 Å². The number of nitrogens with one attached hydrogen (secondary N) is 1. The summed E-state index contributed by atoms with van der Waals surface area (Å²) in [5, 5.41) is 3.35. The Morgan fingerprint density at radius 2 is 1.81 bits per heavy atom. The summed E-state index contributed by atoms with van der Waals surface area (Å²) in [5.74, 6) is 0.616. The van der Waals surface area contributed by atoms with Crippen molar-refractivity contribution < 1.29 is 9.53 Å². The molecule has 0 aromatic heterocycles. The Kier molecular flexibility index (Phi) is 5.46. The van der Waals surface area contributed by atoms with Gasteiger partial charge >= 0.3 is 6.03 Å². The highest BCUT2D eigenvalue weighted by Gasteiger charge is 2.09. The van der Waals surface area contributed by atoms with E-state index in [0.29, 0.717) is 23.9 Å². The second-order valence-electron chi connectivity index (χ2n) is 4.41. The molecule has 0 unspecified atom stereocenters. The first-order valence-corrected chi connectivity index (χ1v) is 7.00. The number of amides is 2. The number of para-hydroxylation sites is 2. The normalized spacial score (nSPS) is 10.0. The lowest BCUT2D eigenvalue weighted by atomic mass is 10.3. The topological polar surface area (TPSA) is 41.6 Å². The molecule has 4 nitrogen and oxygen atoms in total. The van der Waals surface area contributed by atoms with Crippen LogP contribution in [0.3, 0.4) is 0 Å². The molecule has 0 aliphatic heterocycles. The van der Waals surface area contributed by atoms with Crippen molar-refractivity contribution in [3.63, 3.8) is 0 Å². The molecule has 0 aliphatic carbocycles. The third kappa shape index (κ3) is 4.39. The number of benzene rings is 2. The van der Waals surface area contributed by atoms with E-state index in [2.05, 4.69) is 5.32 Å². The largest absolute Gasteiger partial charge is 0.490 e. The Hall–Kier alpha value is -2.20. The first-order valence-electron chi connectivity index (χ1n) is 6.62. The highest BCUT2D eigenvalue weighted by Crippen LogP contribution is 2.22. The van der Waals surface area contributed by atoms with Gasteiger partial charge in [-0.15, -0.1) is 0 Å². The van der Waals surface area contributed by atoms with Crippen LogP contribution < -0.4 is 15.0 Å². The summed E-state index contributed by atoms with van der Waals surface area (Å²) in [6.45, 7) is 0.763. The zero-order valence-corrected chi connectivity index (χ0v) is 12.5. The summed E-state index contributed by atoms with van der Waals surface area (Å²) in [4.78, 5) is 13.5. The number of carbonyl (C=O) groups is 1. The Bertz CT molecular complexity index is 590. The number of anilines is 1. The van der Waals surface area contributed by atoms with E-state index in [1.165, 1.54) is 0 Å². The molecule has 0 heterocycles. The quantitative estimate of drug-likeness (QED) is 0.858. The van der Waals surface area contributed by atoms with Crippen molar-refractivity contribution in [2.75, 3.05) is 25.1 Å². The second-order valence-corrected chi connectivity index (χ2v) is 4.81. The van der Waals surface area contributed by atoms with Crippen LogP contribution in [0.1, 0.15) is 0 Å². The lowest BCUT2D eigenvalue weighted by Gasteiger charge is -2.18. The van der Waals surface area contributed by atoms with Crippen molar-refractivity contribution in [3.05, 3.63) is 59.6 Å². The van der Waals surface area contributed by atoms with Gasteiger partial charge in [0.05, 0.1) is 11.6 Å². The van der Waals surface area contributed by atoms with Gasteiger partial charge in [0.2, 0.25) is 0 Å². The van der Waals surface area contributed by atoms with Crippen molar-refractivity contribution in [2.24, 2.45) is 0 Å². The summed E-state index contributed by atoms with van der Waals surface area (Å²) < 4.78 is 5.51. The van der Waals surface area contributed by atoms with Gasteiger partial charge in [0, 0.05) is 12.7 Å². The van der Waals surface area contributed by atoms with Crippen LogP contribution in [0.5, 0.6) is 5.75 Å². The average molecular weight is 305 g/mol. The molecule has 0 saturated carbocycles. The van der Waals surface area contributed by atoms with E-state index in [1.807, 2.05) is 42.5 Å². The molecular formula is C16H17ClN2O2. The van der Waals surface area contributed by atoms with E-state index in [4.69, 9.17) is 16.3 Å². The van der Waals surface area contributed by atoms with Gasteiger partial charge < -0.3 is 10.1 Å². The molecule has 0 saturated heterocycles. The fraction of sp³-hybridized carbons (Fsp3) is 0.188. The van der Waals surface area contributed by atoms with Gasteiger partial charge in [0.25, 0.3) is 0 Å². The molecule has 2 rings (SSSR count). The average Bonchev–Trinajstić information content (AvgIpc) is 2.53. The number of ether oxygens (including phenoxy) is 1. The van der Waals surface area contributed by atoms with E-state index < -0.39 is 0 Å². The van der Waals surface area contributed by atoms with E-state index >= 15 is 0 Å². The van der Waals surface area contributed by atoms with Gasteiger partial charge in [0.1, 0.15) is 12.4 Å². The van der Waals surface area contributed by atoms with Crippen LogP contribution in [-0.2, 0) is 0 Å². The molecule has 2 aromatic carbocycles. The Balaban J connectivity index is 1.76. The first kappa shape index (κ1) is 15.2. The van der Waals surface area contributed by atoms with Gasteiger partial charge in [-0.05, 0) is 24.3 Å². The van der Waals surface area contributed by atoms with Gasteiger partial charge in [-0.25, -0.2) is 4.79 Å². The zero-order valence-electron chi connectivity index (χ0n) is 11.8. The summed E-state index contributed by atoms with van der Waals surface area (Å²) in [5.41, 5.74) is 0.835. The predicted octanol–water partition coefficient (Wildman–Crippen LogP) is 3.56. The highest BCUT2D eigenvalue weighted by atomic mass is 35.5. The van der Waals surface area contributed by atoms with E-state index in [9.17, 15) is 4.79 Å². The van der Waals surface area contributed by atoms with Crippen molar-refractivity contribution in [1.82, 2.24) is 5.32 Å². The third-order valence-electron chi connectivity index (χ3n) is 2.92. The maximum absolute atomic E-state index is 12.0. The maximum atomic E-state index is 12.0. The van der Waals surface area contributed by atoms with Gasteiger partial charge in [-0.3, -0.25) is 4.90 Å². The van der Waals surface area contributed by atoms with Crippen LogP contribution in [0, 0.1) is 0 Å². The molecule has 5 heteroatoms. The first-order chi connectivity index (χ1) is 10.2. The number of halogens is 1. The molecule has 0 aliphatic rings. The number of carbonyl (C=O) groups excluding carboxylic acids is 1. The SMILES string of the molecule is CN(C(=O)NCCOc1ccccc1Cl)c1ccccc1. The van der Waals surface area contributed by atoms with E-state index in [1.54, 1.807) is 24.1 Å². The standard InChI is InChI=1S/C16H17ClN2O2/c1-19(13-7-3-2-4-8-13)16(20)18-11-12-21-15-10-6-5-9-14(15)17/h2-10H,11-12H2,1H3,(H,18,20). The molecule has 21 heavy (non-hydrogen) atoms. The Morgan fingerprint density at radius 1 is 1.14 bits per heavy atom. The van der Waals surface area contributed by atoms with Crippen molar-refractivity contribution >= 4 is 23.3 Å². The summed E-state index contributed by atoms with van der Waals surface area (Å²) >= 11 is 5.98. The van der Waals surface area contributed by atoms with Gasteiger partial charge in [-0.1, -0.05) is 41.9 Å². The van der Waals surface area contributed by atoms with E-state index in [-0.39, 0.29) is 6.03 Å². The Morgan fingerprint density at radius 3 is 2.52 bits per heavy atom. The summed E-state index contributed by atoms with van der Waals surface area (Å²) in [6.07, 6.45) is 0. The maximum Gasteiger partial charge on any atom is 0.321 e.